The van der Waals surface area contributed by atoms with Gasteiger partial charge < -0.3 is 26.4 Å². The molecule has 0 bridgehead atoms. The highest BCUT2D eigenvalue weighted by molar-refractivity contribution is 6.44. The van der Waals surface area contributed by atoms with Crippen molar-refractivity contribution in [3.63, 3.8) is 0 Å². The SMILES string of the molecule is CN/N=C(/C(=O)Nc1ccc(C(F)(F)F)cc1[NH+]([O-])O)C(c1cnc2ccc([NH+]([O-])O)cc2n1)[NH+]([O-])O. The fraction of sp³-hybridized carbons (Fsp3) is 0.158. The largest absolute Gasteiger partial charge is 0.599 e. The molecule has 1 amide bonds. The summed E-state index contributed by atoms with van der Waals surface area (Å²) in [6, 6.07) is 3.43. The number of aromatic nitrogens is 2. The van der Waals surface area contributed by atoms with Crippen LogP contribution in [-0.2, 0) is 11.0 Å². The predicted octanol–water partition coefficient (Wildman–Crippen LogP) is -1.52. The highest BCUT2D eigenvalue weighted by Gasteiger charge is 2.35. The molecule has 3 rings (SSSR count). The van der Waals surface area contributed by atoms with Gasteiger partial charge in [0.2, 0.25) is 6.04 Å². The second kappa shape index (κ2) is 11.0. The van der Waals surface area contributed by atoms with Crippen molar-refractivity contribution in [3.8, 4) is 0 Å². The fourth-order valence-corrected chi connectivity index (χ4v) is 3.24. The summed E-state index contributed by atoms with van der Waals surface area (Å²) in [6.45, 7) is 0. The Labute approximate surface area is 204 Å². The van der Waals surface area contributed by atoms with Gasteiger partial charge in [0.05, 0.1) is 22.8 Å². The van der Waals surface area contributed by atoms with Crippen LogP contribution in [0.3, 0.4) is 0 Å². The monoisotopic (exact) mass is 528 g/mol. The maximum absolute atomic E-state index is 13.0. The Morgan fingerprint density at radius 1 is 1.05 bits per heavy atom. The minimum atomic E-state index is -4.85. The van der Waals surface area contributed by atoms with Crippen LogP contribution in [0, 0.1) is 15.6 Å². The van der Waals surface area contributed by atoms with Crippen molar-refractivity contribution in [1.82, 2.24) is 15.4 Å². The number of halogens is 3. The third kappa shape index (κ3) is 6.29. The molecular weight excluding hydrogens is 509 g/mol. The lowest BCUT2D eigenvalue weighted by molar-refractivity contribution is -1.06. The fourth-order valence-electron chi connectivity index (χ4n) is 3.24. The summed E-state index contributed by atoms with van der Waals surface area (Å²) in [5.74, 6) is -1.26. The van der Waals surface area contributed by atoms with Crippen LogP contribution in [0.25, 0.3) is 11.0 Å². The number of hydroxylamine groups is 2. The second-order valence-electron chi connectivity index (χ2n) is 7.31. The summed E-state index contributed by atoms with van der Waals surface area (Å²) < 4.78 is 39.0. The molecule has 3 aromatic rings. The average Bonchev–Trinajstić information content (AvgIpc) is 2.82. The summed E-state index contributed by atoms with van der Waals surface area (Å²) in [6.07, 6.45) is -3.82. The molecule has 0 fully saturated rings. The van der Waals surface area contributed by atoms with Gasteiger partial charge in [-0.25, -0.2) is 25.8 Å². The Kier molecular flexibility index (Phi) is 8.28. The third-order valence-corrected chi connectivity index (χ3v) is 4.91. The van der Waals surface area contributed by atoms with E-state index in [0.717, 1.165) is 12.3 Å². The molecule has 1 aromatic heterocycles. The molecule has 0 aliphatic heterocycles. The molecule has 4 atom stereocenters. The number of nitrogens with zero attached hydrogens (tertiary/aromatic N) is 3. The Morgan fingerprint density at radius 3 is 2.32 bits per heavy atom. The van der Waals surface area contributed by atoms with Gasteiger partial charge in [-0.3, -0.25) is 9.78 Å². The molecule has 18 heteroatoms. The highest BCUT2D eigenvalue weighted by atomic mass is 19.4. The van der Waals surface area contributed by atoms with Crippen molar-refractivity contribution in [1.29, 1.82) is 0 Å². The quantitative estimate of drug-likeness (QED) is 0.125. The molecule has 4 unspecified atom stereocenters. The van der Waals surface area contributed by atoms with Gasteiger partial charge in [-0.2, -0.15) is 28.7 Å². The standard InChI is InChI=1S/C19H19F3N8O7/c1-23-27-16(18(31)26-12-4-2-9(19(20,21)22)6-15(12)29(34)35)17(30(36)37)14-8-24-11-5-3-10(28(32)33)7-13(11)25-14/h2-8,17,23,28-30,32,34,36H,1H3,(H,26,31)/b27-16+. The molecule has 0 aliphatic carbocycles. The van der Waals surface area contributed by atoms with E-state index in [0.29, 0.717) is 18.2 Å². The van der Waals surface area contributed by atoms with Crippen molar-refractivity contribution in [2.45, 2.75) is 12.2 Å². The van der Waals surface area contributed by atoms with Crippen LogP contribution in [0.4, 0.5) is 30.2 Å². The van der Waals surface area contributed by atoms with Gasteiger partial charge in [0, 0.05) is 25.2 Å². The number of alkyl halides is 3. The van der Waals surface area contributed by atoms with E-state index in [9.17, 15) is 49.2 Å². The van der Waals surface area contributed by atoms with E-state index in [1.54, 1.807) is 0 Å². The number of anilines is 1. The Balaban J connectivity index is 2.03. The molecule has 0 spiro atoms. The molecule has 0 saturated carbocycles. The zero-order chi connectivity index (χ0) is 27.5. The number of hydrogen-bond acceptors (Lipinski definition) is 11. The summed E-state index contributed by atoms with van der Waals surface area (Å²) in [5.41, 5.74) is -1.47. The summed E-state index contributed by atoms with van der Waals surface area (Å²) in [7, 11) is 1.23. The predicted molar refractivity (Wildman–Crippen MR) is 117 cm³/mol. The lowest BCUT2D eigenvalue weighted by Crippen LogP contribution is -3.06. The van der Waals surface area contributed by atoms with E-state index in [4.69, 9.17) is 0 Å². The maximum Gasteiger partial charge on any atom is 0.416 e. The third-order valence-electron chi connectivity index (χ3n) is 4.91. The molecule has 0 saturated heterocycles. The number of carbonyl (C=O) groups excluding carboxylic acids is 1. The van der Waals surface area contributed by atoms with Gasteiger partial charge in [0.25, 0.3) is 5.91 Å². The number of hydrazone groups is 1. The van der Waals surface area contributed by atoms with Crippen LogP contribution in [-0.4, -0.2) is 44.3 Å². The van der Waals surface area contributed by atoms with Gasteiger partial charge in [-0.05, 0) is 18.2 Å². The normalized spacial score (nSPS) is 15.7. The number of fused-ring (bicyclic) bond motifs is 1. The van der Waals surface area contributed by atoms with Crippen molar-refractivity contribution in [2.75, 3.05) is 12.4 Å². The summed E-state index contributed by atoms with van der Waals surface area (Å²) >= 11 is 0. The molecular formula is C19H19F3N8O7. The number of amides is 1. The van der Waals surface area contributed by atoms with Crippen LogP contribution >= 0.6 is 0 Å². The molecule has 0 aliphatic rings. The van der Waals surface area contributed by atoms with E-state index < -0.39 is 56.5 Å². The first-order valence-corrected chi connectivity index (χ1v) is 10.1. The topological polar surface area (TPSA) is 222 Å². The van der Waals surface area contributed by atoms with Crippen LogP contribution in [0.5, 0.6) is 0 Å². The molecule has 198 valence electrons. The Hall–Kier alpha value is -3.85. The van der Waals surface area contributed by atoms with Gasteiger partial charge >= 0.3 is 6.18 Å². The lowest BCUT2D eigenvalue weighted by Gasteiger charge is -2.25. The average molecular weight is 528 g/mol. The smallest absolute Gasteiger partial charge is 0.416 e. The number of benzene rings is 2. The first-order chi connectivity index (χ1) is 17.3. The zero-order valence-corrected chi connectivity index (χ0v) is 18.6. The number of carbonyl (C=O) groups is 1. The van der Waals surface area contributed by atoms with Crippen molar-refractivity contribution in [3.05, 3.63) is 69.5 Å². The van der Waals surface area contributed by atoms with Gasteiger partial charge in [0.15, 0.2) is 17.1 Å². The van der Waals surface area contributed by atoms with Crippen LogP contribution in [0.15, 0.2) is 47.7 Å². The van der Waals surface area contributed by atoms with Crippen LogP contribution in [0.2, 0.25) is 0 Å². The van der Waals surface area contributed by atoms with Gasteiger partial charge in [0.1, 0.15) is 11.4 Å². The van der Waals surface area contributed by atoms with Gasteiger partial charge in [-0.15, -0.1) is 0 Å². The first-order valence-electron chi connectivity index (χ1n) is 10.1. The highest BCUT2D eigenvalue weighted by Crippen LogP contribution is 2.32. The number of quaternary nitrogens is 3. The molecule has 0 radical (unpaired) electrons. The van der Waals surface area contributed by atoms with Crippen LogP contribution < -0.4 is 26.4 Å². The summed E-state index contributed by atoms with van der Waals surface area (Å²) in [4.78, 5) is 21.1. The molecule has 1 heterocycles. The molecule has 15 nitrogen and oxygen atoms in total. The lowest BCUT2D eigenvalue weighted by atomic mass is 10.1. The van der Waals surface area contributed by atoms with E-state index in [-0.39, 0.29) is 22.4 Å². The molecule has 2 aromatic carbocycles. The zero-order valence-electron chi connectivity index (χ0n) is 18.6. The number of nitrogens with one attached hydrogen (secondary N) is 5. The molecule has 37 heavy (non-hydrogen) atoms. The summed E-state index contributed by atoms with van der Waals surface area (Å²) in [5, 5.41) is 64.3. The van der Waals surface area contributed by atoms with E-state index in [1.807, 2.05) is 0 Å². The Bertz CT molecular complexity index is 1320. The second-order valence-corrected chi connectivity index (χ2v) is 7.31. The minimum Gasteiger partial charge on any atom is -0.599 e. The van der Waals surface area contributed by atoms with Crippen LogP contribution in [0.1, 0.15) is 17.3 Å². The first kappa shape index (κ1) is 27.7. The van der Waals surface area contributed by atoms with E-state index in [1.165, 1.54) is 19.2 Å². The van der Waals surface area contributed by atoms with E-state index >= 15 is 0 Å². The van der Waals surface area contributed by atoms with Crippen molar-refractivity contribution in [2.24, 2.45) is 5.10 Å². The Morgan fingerprint density at radius 2 is 1.76 bits per heavy atom. The van der Waals surface area contributed by atoms with Crippen molar-refractivity contribution < 1.29 is 49.3 Å². The van der Waals surface area contributed by atoms with Gasteiger partial charge in [-0.1, -0.05) is 0 Å². The maximum atomic E-state index is 13.0. The number of hydrogen-bond donors (Lipinski definition) is 8. The minimum absolute atomic E-state index is 0.00349. The van der Waals surface area contributed by atoms with Crippen molar-refractivity contribution >= 4 is 39.7 Å². The van der Waals surface area contributed by atoms with E-state index in [2.05, 4.69) is 25.8 Å². The number of rotatable bonds is 8. The molecule has 8 N–H and O–H groups in total.